The number of hydrogen-bond acceptors (Lipinski definition) is 2. The highest BCUT2D eigenvalue weighted by molar-refractivity contribution is 9.10. The second-order valence-corrected chi connectivity index (χ2v) is 5.30. The lowest BCUT2D eigenvalue weighted by Crippen LogP contribution is -2.00. The van der Waals surface area contributed by atoms with Crippen molar-refractivity contribution in [3.63, 3.8) is 0 Å². The van der Waals surface area contributed by atoms with Crippen LogP contribution in [-0.2, 0) is 0 Å². The molecule has 1 aromatic heterocycles. The van der Waals surface area contributed by atoms with Crippen LogP contribution in [0.15, 0.2) is 59.1 Å². The van der Waals surface area contributed by atoms with Crippen LogP contribution < -0.4 is 0 Å². The van der Waals surface area contributed by atoms with E-state index in [-0.39, 0.29) is 5.56 Å². The molecule has 4 heteroatoms. The van der Waals surface area contributed by atoms with Gasteiger partial charge in [0.1, 0.15) is 0 Å². The molecule has 0 radical (unpaired) electrons. The molecule has 0 bridgehead atoms. The van der Waals surface area contributed by atoms with Gasteiger partial charge in [-0.25, -0.2) is 9.78 Å². The zero-order valence-electron chi connectivity index (χ0n) is 10.4. The number of carboxylic acid groups (broad SMARTS) is 1. The SMILES string of the molecule is O=C(O)c1cc(Br)ccc1-c1ccc2ccccc2n1. The number of rotatable bonds is 2. The van der Waals surface area contributed by atoms with E-state index in [9.17, 15) is 9.90 Å². The molecule has 3 rings (SSSR count). The molecule has 0 aliphatic rings. The first kappa shape index (κ1) is 12.8. The number of halogens is 1. The first-order valence-electron chi connectivity index (χ1n) is 6.04. The maximum Gasteiger partial charge on any atom is 0.336 e. The molecule has 0 unspecified atom stereocenters. The fraction of sp³-hybridized carbons (Fsp3) is 0. The maximum atomic E-state index is 11.4. The quantitative estimate of drug-likeness (QED) is 0.760. The smallest absolute Gasteiger partial charge is 0.336 e. The number of hydrogen-bond donors (Lipinski definition) is 1. The molecule has 2 aromatic carbocycles. The van der Waals surface area contributed by atoms with Crippen molar-refractivity contribution in [3.8, 4) is 11.3 Å². The molecule has 0 fully saturated rings. The summed E-state index contributed by atoms with van der Waals surface area (Å²) in [6.45, 7) is 0. The minimum Gasteiger partial charge on any atom is -0.478 e. The van der Waals surface area contributed by atoms with E-state index in [1.807, 2.05) is 42.5 Å². The molecular formula is C16H10BrNO2. The fourth-order valence-electron chi connectivity index (χ4n) is 2.13. The molecule has 0 saturated heterocycles. The van der Waals surface area contributed by atoms with Gasteiger partial charge in [0.15, 0.2) is 0 Å². The van der Waals surface area contributed by atoms with Gasteiger partial charge in [-0.05, 0) is 24.3 Å². The minimum atomic E-state index is -0.962. The van der Waals surface area contributed by atoms with Crippen molar-refractivity contribution in [3.05, 3.63) is 64.6 Å². The molecule has 3 aromatic rings. The summed E-state index contributed by atoms with van der Waals surface area (Å²) >= 11 is 3.29. The van der Waals surface area contributed by atoms with E-state index >= 15 is 0 Å². The highest BCUT2D eigenvalue weighted by Crippen LogP contribution is 2.27. The summed E-state index contributed by atoms with van der Waals surface area (Å²) in [5.74, 6) is -0.962. The zero-order chi connectivity index (χ0) is 14.1. The average Bonchev–Trinajstić information content (AvgIpc) is 2.46. The van der Waals surface area contributed by atoms with Crippen molar-refractivity contribution in [1.29, 1.82) is 0 Å². The molecule has 0 atom stereocenters. The van der Waals surface area contributed by atoms with Gasteiger partial charge in [0.05, 0.1) is 16.8 Å². The van der Waals surface area contributed by atoms with Crippen LogP contribution in [0.25, 0.3) is 22.2 Å². The number of carbonyl (C=O) groups is 1. The molecule has 1 N–H and O–H groups in total. The van der Waals surface area contributed by atoms with Gasteiger partial charge in [0, 0.05) is 15.4 Å². The van der Waals surface area contributed by atoms with Gasteiger partial charge in [-0.3, -0.25) is 0 Å². The van der Waals surface area contributed by atoms with Crippen LogP contribution in [0.4, 0.5) is 0 Å². The van der Waals surface area contributed by atoms with Crippen LogP contribution in [0, 0.1) is 0 Å². The number of nitrogens with zero attached hydrogens (tertiary/aromatic N) is 1. The molecule has 98 valence electrons. The van der Waals surface area contributed by atoms with Crippen LogP contribution in [0.2, 0.25) is 0 Å². The van der Waals surface area contributed by atoms with E-state index < -0.39 is 5.97 Å². The average molecular weight is 328 g/mol. The van der Waals surface area contributed by atoms with Crippen molar-refractivity contribution in [2.24, 2.45) is 0 Å². The Bertz CT molecular complexity index is 814. The number of para-hydroxylation sites is 1. The number of benzene rings is 2. The van der Waals surface area contributed by atoms with E-state index in [0.717, 1.165) is 15.4 Å². The Labute approximate surface area is 124 Å². The van der Waals surface area contributed by atoms with Gasteiger partial charge in [-0.2, -0.15) is 0 Å². The van der Waals surface area contributed by atoms with Crippen molar-refractivity contribution in [2.75, 3.05) is 0 Å². The Kier molecular flexibility index (Phi) is 3.24. The molecule has 0 spiro atoms. The van der Waals surface area contributed by atoms with Crippen molar-refractivity contribution in [1.82, 2.24) is 4.98 Å². The Balaban J connectivity index is 2.22. The summed E-state index contributed by atoms with van der Waals surface area (Å²) in [4.78, 5) is 15.9. The molecule has 1 heterocycles. The summed E-state index contributed by atoms with van der Waals surface area (Å²) in [5.41, 5.74) is 2.37. The number of carboxylic acids is 1. The van der Waals surface area contributed by atoms with Crippen LogP contribution in [0.5, 0.6) is 0 Å². The predicted octanol–water partition coefficient (Wildman–Crippen LogP) is 4.36. The number of aromatic carboxylic acids is 1. The lowest BCUT2D eigenvalue weighted by molar-refractivity contribution is 0.0697. The summed E-state index contributed by atoms with van der Waals surface area (Å²) in [6, 6.07) is 16.7. The topological polar surface area (TPSA) is 50.2 Å². The maximum absolute atomic E-state index is 11.4. The standard InChI is InChI=1S/C16H10BrNO2/c17-11-6-7-12(13(9-11)16(19)20)15-8-5-10-3-1-2-4-14(10)18-15/h1-9H,(H,19,20). The molecule has 0 amide bonds. The van der Waals surface area contributed by atoms with Gasteiger partial charge < -0.3 is 5.11 Å². The van der Waals surface area contributed by atoms with E-state index in [2.05, 4.69) is 20.9 Å². The third-order valence-electron chi connectivity index (χ3n) is 3.09. The van der Waals surface area contributed by atoms with Crippen LogP contribution in [0.3, 0.4) is 0 Å². The largest absolute Gasteiger partial charge is 0.478 e. The Morgan fingerprint density at radius 2 is 1.85 bits per heavy atom. The first-order chi connectivity index (χ1) is 9.65. The highest BCUT2D eigenvalue weighted by atomic mass is 79.9. The van der Waals surface area contributed by atoms with E-state index in [1.54, 1.807) is 12.1 Å². The first-order valence-corrected chi connectivity index (χ1v) is 6.83. The minimum absolute atomic E-state index is 0.238. The van der Waals surface area contributed by atoms with Gasteiger partial charge in [0.25, 0.3) is 0 Å². The predicted molar refractivity (Wildman–Crippen MR) is 81.8 cm³/mol. The summed E-state index contributed by atoms with van der Waals surface area (Å²) in [5, 5.41) is 10.3. The summed E-state index contributed by atoms with van der Waals surface area (Å²) in [7, 11) is 0. The fourth-order valence-corrected chi connectivity index (χ4v) is 2.49. The lowest BCUT2D eigenvalue weighted by Gasteiger charge is -2.07. The van der Waals surface area contributed by atoms with Crippen molar-refractivity contribution >= 4 is 32.8 Å². The Hall–Kier alpha value is -2.20. The second kappa shape index (κ2) is 5.06. The van der Waals surface area contributed by atoms with E-state index in [4.69, 9.17) is 0 Å². The van der Waals surface area contributed by atoms with Gasteiger partial charge in [-0.1, -0.05) is 46.3 Å². The van der Waals surface area contributed by atoms with Gasteiger partial charge in [0.2, 0.25) is 0 Å². The van der Waals surface area contributed by atoms with Crippen LogP contribution >= 0.6 is 15.9 Å². The third-order valence-corrected chi connectivity index (χ3v) is 3.58. The monoisotopic (exact) mass is 327 g/mol. The lowest BCUT2D eigenvalue weighted by atomic mass is 10.0. The van der Waals surface area contributed by atoms with E-state index in [0.29, 0.717) is 11.3 Å². The normalized spacial score (nSPS) is 10.7. The second-order valence-electron chi connectivity index (χ2n) is 4.38. The van der Waals surface area contributed by atoms with E-state index in [1.165, 1.54) is 0 Å². The number of pyridine rings is 1. The molecule has 3 nitrogen and oxygen atoms in total. The number of aromatic nitrogens is 1. The molecule has 20 heavy (non-hydrogen) atoms. The molecule has 0 aliphatic heterocycles. The third kappa shape index (κ3) is 2.30. The van der Waals surface area contributed by atoms with Crippen molar-refractivity contribution in [2.45, 2.75) is 0 Å². The van der Waals surface area contributed by atoms with Gasteiger partial charge in [-0.15, -0.1) is 0 Å². The van der Waals surface area contributed by atoms with Crippen molar-refractivity contribution < 1.29 is 9.90 Å². The Morgan fingerprint density at radius 3 is 2.65 bits per heavy atom. The van der Waals surface area contributed by atoms with Crippen LogP contribution in [-0.4, -0.2) is 16.1 Å². The van der Waals surface area contributed by atoms with Gasteiger partial charge >= 0.3 is 5.97 Å². The van der Waals surface area contributed by atoms with Crippen LogP contribution in [0.1, 0.15) is 10.4 Å². The Morgan fingerprint density at radius 1 is 1.05 bits per heavy atom. The summed E-state index contributed by atoms with van der Waals surface area (Å²) in [6.07, 6.45) is 0. The molecular weight excluding hydrogens is 318 g/mol. The summed E-state index contributed by atoms with van der Waals surface area (Å²) < 4.78 is 0.736. The highest BCUT2D eigenvalue weighted by Gasteiger charge is 2.13. The zero-order valence-corrected chi connectivity index (χ0v) is 12.0. The number of fused-ring (bicyclic) bond motifs is 1. The molecule has 0 saturated carbocycles. The molecule has 0 aliphatic carbocycles.